The molecular weight excluding hydrogens is 456 g/mol. The molecule has 3 aromatic rings. The van der Waals surface area contributed by atoms with Crippen LogP contribution in [-0.2, 0) is 4.79 Å². The Bertz CT molecular complexity index is 1060. The van der Waals surface area contributed by atoms with Crippen LogP contribution in [0.1, 0.15) is 57.1 Å². The minimum absolute atomic E-state index is 0.0863. The van der Waals surface area contributed by atoms with Crippen LogP contribution >= 0.6 is 11.8 Å². The molecule has 35 heavy (non-hydrogen) atoms. The second-order valence-electron chi connectivity index (χ2n) is 9.94. The lowest BCUT2D eigenvalue weighted by atomic mass is 9.92. The van der Waals surface area contributed by atoms with Gasteiger partial charge in [-0.3, -0.25) is 9.69 Å². The maximum absolute atomic E-state index is 12.9. The number of anilines is 1. The van der Waals surface area contributed by atoms with Crippen molar-refractivity contribution in [1.29, 1.82) is 0 Å². The monoisotopic (exact) mass is 494 g/mol. The summed E-state index contributed by atoms with van der Waals surface area (Å²) in [4.78, 5) is 22.2. The highest BCUT2D eigenvalue weighted by Crippen LogP contribution is 2.32. The topological polar surface area (TPSA) is 61.6 Å². The van der Waals surface area contributed by atoms with Gasteiger partial charge in [0.05, 0.1) is 6.54 Å². The molecule has 0 radical (unpaired) electrons. The number of carbonyl (C=O) groups is 1. The van der Waals surface area contributed by atoms with E-state index in [1.807, 2.05) is 24.3 Å². The molecule has 6 nitrogen and oxygen atoms in total. The molecule has 1 amide bonds. The maximum Gasteiger partial charge on any atom is 0.256 e. The van der Waals surface area contributed by atoms with E-state index in [0.29, 0.717) is 18.4 Å². The molecule has 188 valence electrons. The van der Waals surface area contributed by atoms with Crippen molar-refractivity contribution in [3.8, 4) is 0 Å². The fourth-order valence-corrected chi connectivity index (χ4v) is 5.37. The fraction of sp³-hybridized carbons (Fsp3) is 0.500. The first-order chi connectivity index (χ1) is 16.9. The average molecular weight is 495 g/mol. The van der Waals surface area contributed by atoms with E-state index < -0.39 is 0 Å². The summed E-state index contributed by atoms with van der Waals surface area (Å²) in [5.41, 5.74) is 5.21. The Morgan fingerprint density at radius 3 is 2.29 bits per heavy atom. The Hall–Kier alpha value is -2.35. The third-order valence-electron chi connectivity index (χ3n) is 6.59. The Morgan fingerprint density at radius 1 is 0.971 bits per heavy atom. The van der Waals surface area contributed by atoms with Gasteiger partial charge in [-0.1, -0.05) is 69.8 Å². The molecule has 0 saturated carbocycles. The molecule has 2 heterocycles. The van der Waals surface area contributed by atoms with Gasteiger partial charge in [-0.05, 0) is 48.1 Å². The summed E-state index contributed by atoms with van der Waals surface area (Å²) >= 11 is 1.68. The first-order valence-corrected chi connectivity index (χ1v) is 13.7. The van der Waals surface area contributed by atoms with Crippen molar-refractivity contribution in [2.75, 3.05) is 50.3 Å². The molecule has 1 aliphatic rings. The molecule has 0 spiro atoms. The zero-order chi connectivity index (χ0) is 24.8. The smallest absolute Gasteiger partial charge is 0.256 e. The van der Waals surface area contributed by atoms with Crippen LogP contribution in [0, 0.1) is 0 Å². The van der Waals surface area contributed by atoms with Gasteiger partial charge in [0.2, 0.25) is 5.91 Å². The number of rotatable bonds is 10. The van der Waals surface area contributed by atoms with Crippen LogP contribution in [0.2, 0.25) is 0 Å². The number of thioether (sulfide) groups is 1. The third kappa shape index (κ3) is 6.87. The molecular formula is C28H38N4O2S. The van der Waals surface area contributed by atoms with Crippen LogP contribution in [0.4, 0.5) is 5.69 Å². The van der Waals surface area contributed by atoms with E-state index >= 15 is 0 Å². The minimum Gasteiger partial charge on any atom is -0.431 e. The van der Waals surface area contributed by atoms with E-state index in [0.717, 1.165) is 66.9 Å². The van der Waals surface area contributed by atoms with Crippen LogP contribution in [0.3, 0.4) is 0 Å². The van der Waals surface area contributed by atoms with Crippen molar-refractivity contribution in [2.45, 2.75) is 51.2 Å². The summed E-state index contributed by atoms with van der Waals surface area (Å²) in [6.45, 7) is 14.1. The van der Waals surface area contributed by atoms with E-state index in [2.05, 4.69) is 66.0 Å². The largest absolute Gasteiger partial charge is 0.431 e. The number of fused-ring (bicyclic) bond motifs is 1. The highest BCUT2D eigenvalue weighted by molar-refractivity contribution is 7.99. The number of carbonyl (C=O) groups excluding carboxylic acids is 1. The molecule has 1 aliphatic heterocycles. The normalized spacial score (nSPS) is 15.4. The van der Waals surface area contributed by atoms with Crippen LogP contribution < -0.4 is 5.32 Å². The molecule has 7 heteroatoms. The van der Waals surface area contributed by atoms with Gasteiger partial charge >= 0.3 is 0 Å². The molecule has 0 atom stereocenters. The molecule has 2 aromatic carbocycles. The van der Waals surface area contributed by atoms with E-state index in [1.165, 1.54) is 11.1 Å². The molecule has 0 aliphatic carbocycles. The SMILES string of the molecule is CC(C)c1cccc(C(C)C)c1NC(=O)CN1CCN(CCCSc2nc3ccccc3o2)CC1. The summed E-state index contributed by atoms with van der Waals surface area (Å²) in [5, 5.41) is 4.01. The number of amides is 1. The first kappa shape index (κ1) is 25.7. The lowest BCUT2D eigenvalue weighted by Gasteiger charge is -2.34. The van der Waals surface area contributed by atoms with E-state index in [1.54, 1.807) is 11.8 Å². The summed E-state index contributed by atoms with van der Waals surface area (Å²) in [7, 11) is 0. The van der Waals surface area contributed by atoms with Crippen LogP contribution in [0.25, 0.3) is 11.1 Å². The summed E-state index contributed by atoms with van der Waals surface area (Å²) in [5.74, 6) is 1.81. The number of nitrogens with zero attached hydrogens (tertiary/aromatic N) is 3. The van der Waals surface area contributed by atoms with Gasteiger partial charge in [0.15, 0.2) is 5.58 Å². The highest BCUT2D eigenvalue weighted by Gasteiger charge is 2.21. The Labute approximate surface area is 213 Å². The average Bonchev–Trinajstić information content (AvgIpc) is 3.25. The zero-order valence-corrected chi connectivity index (χ0v) is 22.2. The van der Waals surface area contributed by atoms with Crippen molar-refractivity contribution in [3.63, 3.8) is 0 Å². The third-order valence-corrected chi connectivity index (χ3v) is 7.50. The summed E-state index contributed by atoms with van der Waals surface area (Å²) < 4.78 is 5.79. The molecule has 1 N–H and O–H groups in total. The van der Waals surface area contributed by atoms with Gasteiger partial charge in [-0.25, -0.2) is 4.98 Å². The van der Waals surface area contributed by atoms with E-state index in [4.69, 9.17) is 4.42 Å². The van der Waals surface area contributed by atoms with Crippen molar-refractivity contribution in [1.82, 2.24) is 14.8 Å². The van der Waals surface area contributed by atoms with Crippen LogP contribution in [0.5, 0.6) is 0 Å². The second kappa shape index (κ2) is 12.1. The molecule has 1 fully saturated rings. The lowest BCUT2D eigenvalue weighted by Crippen LogP contribution is -2.48. The second-order valence-corrected chi connectivity index (χ2v) is 11.0. The van der Waals surface area contributed by atoms with Crippen molar-refractivity contribution in [2.24, 2.45) is 0 Å². The number of hydrogen-bond donors (Lipinski definition) is 1. The quantitative estimate of drug-likeness (QED) is 0.283. The van der Waals surface area contributed by atoms with Gasteiger partial charge in [0.1, 0.15) is 5.52 Å². The number of nitrogens with one attached hydrogen (secondary N) is 1. The van der Waals surface area contributed by atoms with Gasteiger partial charge in [-0.15, -0.1) is 0 Å². The molecule has 0 bridgehead atoms. The van der Waals surface area contributed by atoms with Gasteiger partial charge in [0.25, 0.3) is 5.22 Å². The number of benzene rings is 2. The van der Waals surface area contributed by atoms with Crippen LogP contribution in [-0.4, -0.2) is 65.7 Å². The van der Waals surface area contributed by atoms with Gasteiger partial charge in [-0.2, -0.15) is 0 Å². The minimum atomic E-state index is 0.0863. The lowest BCUT2D eigenvalue weighted by molar-refractivity contribution is -0.117. The Balaban J connectivity index is 1.19. The summed E-state index contributed by atoms with van der Waals surface area (Å²) in [6.07, 6.45) is 1.09. The van der Waals surface area contributed by atoms with Gasteiger partial charge in [0, 0.05) is 37.6 Å². The van der Waals surface area contributed by atoms with Crippen molar-refractivity contribution >= 4 is 34.5 Å². The summed E-state index contributed by atoms with van der Waals surface area (Å²) in [6, 6.07) is 14.3. The molecule has 4 rings (SSSR count). The van der Waals surface area contributed by atoms with Crippen molar-refractivity contribution in [3.05, 3.63) is 53.6 Å². The molecule has 0 unspecified atom stereocenters. The zero-order valence-electron chi connectivity index (χ0n) is 21.4. The van der Waals surface area contributed by atoms with E-state index in [-0.39, 0.29) is 5.91 Å². The number of piperazine rings is 1. The maximum atomic E-state index is 12.9. The number of aromatic nitrogens is 1. The number of oxazole rings is 1. The van der Waals surface area contributed by atoms with Gasteiger partial charge < -0.3 is 14.6 Å². The molecule has 1 saturated heterocycles. The first-order valence-electron chi connectivity index (χ1n) is 12.8. The van der Waals surface area contributed by atoms with Crippen LogP contribution in [0.15, 0.2) is 52.1 Å². The van der Waals surface area contributed by atoms with Crippen molar-refractivity contribution < 1.29 is 9.21 Å². The van der Waals surface area contributed by atoms with E-state index in [9.17, 15) is 4.79 Å². The Morgan fingerprint density at radius 2 is 1.63 bits per heavy atom. The predicted octanol–water partition coefficient (Wildman–Crippen LogP) is 5.81. The predicted molar refractivity (Wildman–Crippen MR) is 145 cm³/mol. The fourth-order valence-electron chi connectivity index (χ4n) is 4.61. The molecule has 1 aromatic heterocycles. The standard InChI is InChI=1S/C28H38N4O2S/c1-20(2)22-9-7-10-23(21(3)4)27(22)30-26(33)19-32-16-14-31(15-17-32)13-8-18-35-28-29-24-11-5-6-12-25(24)34-28/h5-7,9-12,20-21H,8,13-19H2,1-4H3,(H,30,33). The number of para-hydroxylation sites is 3. The Kier molecular flexibility index (Phi) is 8.87. The highest BCUT2D eigenvalue weighted by atomic mass is 32.2. The number of hydrogen-bond acceptors (Lipinski definition) is 6.